The van der Waals surface area contributed by atoms with Crippen molar-refractivity contribution < 1.29 is 0 Å². The van der Waals surface area contributed by atoms with Crippen molar-refractivity contribution in [1.29, 1.82) is 0 Å². The number of rotatable bonds is 3. The van der Waals surface area contributed by atoms with E-state index in [4.69, 9.17) is 5.84 Å². The van der Waals surface area contributed by atoms with E-state index in [9.17, 15) is 0 Å². The summed E-state index contributed by atoms with van der Waals surface area (Å²) in [6.45, 7) is 8.76. The van der Waals surface area contributed by atoms with Crippen LogP contribution in [0, 0.1) is 12.3 Å². The molecule has 0 bridgehead atoms. The van der Waals surface area contributed by atoms with Gasteiger partial charge in [0.25, 0.3) is 0 Å². The van der Waals surface area contributed by atoms with Gasteiger partial charge < -0.3 is 0 Å². The van der Waals surface area contributed by atoms with Gasteiger partial charge in [-0.25, -0.2) is 0 Å². The number of hydrazine groups is 1. The molecular weight excluding hydrogens is 184 g/mol. The molecule has 0 saturated carbocycles. The lowest BCUT2D eigenvalue weighted by Crippen LogP contribution is -2.45. The van der Waals surface area contributed by atoms with Gasteiger partial charge in [-0.3, -0.25) is 11.3 Å². The van der Waals surface area contributed by atoms with Crippen LogP contribution in [0.25, 0.3) is 0 Å². The molecule has 0 aliphatic carbocycles. The smallest absolute Gasteiger partial charge is 0.0299 e. The first-order chi connectivity index (χ1) is 6.95. The number of hydrogen-bond acceptors (Lipinski definition) is 2. The maximum absolute atomic E-state index is 5.61. The molecule has 1 rings (SSSR count). The van der Waals surface area contributed by atoms with Crippen LogP contribution in [0.5, 0.6) is 0 Å². The molecule has 0 saturated heterocycles. The minimum absolute atomic E-state index is 0.178. The van der Waals surface area contributed by atoms with Crippen LogP contribution in [0.3, 0.4) is 0 Å². The Morgan fingerprint density at radius 1 is 1.27 bits per heavy atom. The summed E-state index contributed by atoms with van der Waals surface area (Å²) < 4.78 is 0. The van der Waals surface area contributed by atoms with Gasteiger partial charge in [0.1, 0.15) is 0 Å². The van der Waals surface area contributed by atoms with E-state index in [1.165, 1.54) is 11.1 Å². The average Bonchev–Trinajstić information content (AvgIpc) is 2.14. The van der Waals surface area contributed by atoms with E-state index in [0.717, 1.165) is 6.42 Å². The highest BCUT2D eigenvalue weighted by atomic mass is 15.2. The lowest BCUT2D eigenvalue weighted by molar-refractivity contribution is 0.268. The van der Waals surface area contributed by atoms with Crippen molar-refractivity contribution in [3.8, 4) is 0 Å². The lowest BCUT2D eigenvalue weighted by Gasteiger charge is -2.30. The van der Waals surface area contributed by atoms with Crippen molar-refractivity contribution in [1.82, 2.24) is 5.43 Å². The number of hydrogen-bond donors (Lipinski definition) is 2. The van der Waals surface area contributed by atoms with E-state index in [-0.39, 0.29) is 5.41 Å². The van der Waals surface area contributed by atoms with Gasteiger partial charge in [-0.1, -0.05) is 45.0 Å². The Bertz CT molecular complexity index is 313. The van der Waals surface area contributed by atoms with Crippen molar-refractivity contribution in [3.63, 3.8) is 0 Å². The fourth-order valence-electron chi connectivity index (χ4n) is 1.67. The third-order valence-corrected chi connectivity index (χ3v) is 2.93. The summed E-state index contributed by atoms with van der Waals surface area (Å²) in [5.74, 6) is 5.61. The first-order valence-corrected chi connectivity index (χ1v) is 5.46. The summed E-state index contributed by atoms with van der Waals surface area (Å²) in [6, 6.07) is 8.77. The summed E-state index contributed by atoms with van der Waals surface area (Å²) in [4.78, 5) is 0. The Morgan fingerprint density at radius 3 is 2.33 bits per heavy atom. The number of nitrogens with two attached hydrogens (primary N) is 1. The molecule has 0 radical (unpaired) electrons. The standard InChI is InChI=1S/C13H22N2/c1-10-7-5-6-8-11(10)9-12(15-14)13(2,3)4/h5-8,12,15H,9,14H2,1-4H3. The monoisotopic (exact) mass is 206 g/mol. The van der Waals surface area contributed by atoms with Gasteiger partial charge in [-0.15, -0.1) is 0 Å². The van der Waals surface area contributed by atoms with E-state index in [2.05, 4.69) is 57.4 Å². The topological polar surface area (TPSA) is 38.0 Å². The molecule has 2 nitrogen and oxygen atoms in total. The van der Waals surface area contributed by atoms with Crippen molar-refractivity contribution >= 4 is 0 Å². The molecule has 0 amide bonds. The van der Waals surface area contributed by atoms with Crippen LogP contribution >= 0.6 is 0 Å². The van der Waals surface area contributed by atoms with Gasteiger partial charge in [0.2, 0.25) is 0 Å². The highest BCUT2D eigenvalue weighted by Gasteiger charge is 2.23. The van der Waals surface area contributed by atoms with Crippen LogP contribution in [-0.4, -0.2) is 6.04 Å². The van der Waals surface area contributed by atoms with Crippen LogP contribution < -0.4 is 11.3 Å². The maximum Gasteiger partial charge on any atom is 0.0299 e. The fourth-order valence-corrected chi connectivity index (χ4v) is 1.67. The van der Waals surface area contributed by atoms with Gasteiger partial charge in [-0.05, 0) is 29.9 Å². The molecule has 84 valence electrons. The zero-order chi connectivity index (χ0) is 11.5. The van der Waals surface area contributed by atoms with Crippen molar-refractivity contribution in [3.05, 3.63) is 35.4 Å². The number of nitrogens with one attached hydrogen (secondary N) is 1. The Morgan fingerprint density at radius 2 is 1.87 bits per heavy atom. The van der Waals surface area contributed by atoms with Crippen LogP contribution in [-0.2, 0) is 6.42 Å². The molecule has 1 aromatic carbocycles. The largest absolute Gasteiger partial charge is 0.271 e. The lowest BCUT2D eigenvalue weighted by atomic mass is 9.83. The van der Waals surface area contributed by atoms with E-state index in [1.807, 2.05) is 0 Å². The summed E-state index contributed by atoms with van der Waals surface area (Å²) in [5.41, 5.74) is 5.80. The quantitative estimate of drug-likeness (QED) is 0.589. The molecular formula is C13H22N2. The Labute approximate surface area is 92.8 Å². The summed E-state index contributed by atoms with van der Waals surface area (Å²) in [7, 11) is 0. The predicted molar refractivity (Wildman–Crippen MR) is 65.4 cm³/mol. The molecule has 1 unspecified atom stereocenters. The zero-order valence-corrected chi connectivity index (χ0v) is 10.2. The van der Waals surface area contributed by atoms with E-state index < -0.39 is 0 Å². The number of benzene rings is 1. The molecule has 15 heavy (non-hydrogen) atoms. The third kappa shape index (κ3) is 3.33. The van der Waals surface area contributed by atoms with Crippen LogP contribution in [0.1, 0.15) is 31.9 Å². The molecule has 0 fully saturated rings. The molecule has 0 aromatic heterocycles. The van der Waals surface area contributed by atoms with Crippen LogP contribution in [0.4, 0.5) is 0 Å². The van der Waals surface area contributed by atoms with Crippen molar-refractivity contribution in [2.24, 2.45) is 11.3 Å². The Balaban J connectivity index is 2.80. The second kappa shape index (κ2) is 4.77. The molecule has 1 atom stereocenters. The summed E-state index contributed by atoms with van der Waals surface area (Å²) in [6.07, 6.45) is 0.979. The van der Waals surface area contributed by atoms with Gasteiger partial charge in [0.05, 0.1) is 0 Å². The predicted octanol–water partition coefficient (Wildman–Crippen LogP) is 2.42. The molecule has 0 spiro atoms. The van der Waals surface area contributed by atoms with Crippen molar-refractivity contribution in [2.75, 3.05) is 0 Å². The second-order valence-corrected chi connectivity index (χ2v) is 5.22. The van der Waals surface area contributed by atoms with Gasteiger partial charge in [0.15, 0.2) is 0 Å². The van der Waals surface area contributed by atoms with E-state index in [0.29, 0.717) is 6.04 Å². The minimum Gasteiger partial charge on any atom is -0.271 e. The highest BCUT2D eigenvalue weighted by molar-refractivity contribution is 5.26. The molecule has 2 heteroatoms. The van der Waals surface area contributed by atoms with Gasteiger partial charge >= 0.3 is 0 Å². The van der Waals surface area contributed by atoms with Gasteiger partial charge in [-0.2, -0.15) is 0 Å². The highest BCUT2D eigenvalue weighted by Crippen LogP contribution is 2.23. The summed E-state index contributed by atoms with van der Waals surface area (Å²) >= 11 is 0. The molecule has 3 N–H and O–H groups in total. The van der Waals surface area contributed by atoms with E-state index in [1.54, 1.807) is 0 Å². The third-order valence-electron chi connectivity index (χ3n) is 2.93. The van der Waals surface area contributed by atoms with E-state index >= 15 is 0 Å². The number of aryl methyl sites for hydroxylation is 1. The van der Waals surface area contributed by atoms with Crippen molar-refractivity contribution in [2.45, 2.75) is 40.2 Å². The average molecular weight is 206 g/mol. The Kier molecular flexibility index (Phi) is 3.89. The zero-order valence-electron chi connectivity index (χ0n) is 10.2. The minimum atomic E-state index is 0.178. The van der Waals surface area contributed by atoms with Crippen LogP contribution in [0.15, 0.2) is 24.3 Å². The van der Waals surface area contributed by atoms with Crippen LogP contribution in [0.2, 0.25) is 0 Å². The summed E-state index contributed by atoms with van der Waals surface area (Å²) in [5, 5.41) is 0. The molecule has 1 aromatic rings. The first kappa shape index (κ1) is 12.2. The normalized spacial score (nSPS) is 13.9. The SMILES string of the molecule is Cc1ccccc1CC(NN)C(C)(C)C. The second-order valence-electron chi connectivity index (χ2n) is 5.22. The first-order valence-electron chi connectivity index (χ1n) is 5.46. The Hall–Kier alpha value is -0.860. The molecule has 0 heterocycles. The van der Waals surface area contributed by atoms with Gasteiger partial charge in [0, 0.05) is 6.04 Å². The molecule has 0 aliphatic heterocycles. The molecule has 0 aliphatic rings. The fraction of sp³-hybridized carbons (Fsp3) is 0.538. The maximum atomic E-state index is 5.61.